The van der Waals surface area contributed by atoms with E-state index in [-0.39, 0.29) is 11.8 Å². The topological polar surface area (TPSA) is 25.9 Å². The van der Waals surface area contributed by atoms with Crippen LogP contribution in [0.4, 0.5) is 0 Å². The van der Waals surface area contributed by atoms with Gasteiger partial charge >= 0.3 is 0 Å². The van der Waals surface area contributed by atoms with Crippen molar-refractivity contribution in [2.75, 3.05) is 0 Å². The molecular formula is C36H29N2O+. The summed E-state index contributed by atoms with van der Waals surface area (Å²) in [7, 11) is 0. The molecule has 39 heavy (non-hydrogen) atoms. The zero-order valence-electron chi connectivity index (χ0n) is 21.5. The van der Waals surface area contributed by atoms with Crippen LogP contribution in [0.15, 0.2) is 164 Å². The lowest BCUT2D eigenvalue weighted by Crippen LogP contribution is -2.39. The largest absolute Gasteiger partial charge is 0.289 e. The predicted octanol–water partition coefficient (Wildman–Crippen LogP) is 7.55. The summed E-state index contributed by atoms with van der Waals surface area (Å²) in [5, 5.41) is 0. The first-order valence-corrected chi connectivity index (χ1v) is 13.2. The highest BCUT2D eigenvalue weighted by Crippen LogP contribution is 2.27. The fraction of sp³-hybridized carbons (Fsp3) is 0.0556. The first kappa shape index (κ1) is 24.3. The number of hydrogen-bond donors (Lipinski definition) is 0. The fourth-order valence-corrected chi connectivity index (χ4v) is 5.21. The van der Waals surface area contributed by atoms with Crippen LogP contribution in [0.1, 0.15) is 39.1 Å². The lowest BCUT2D eigenvalue weighted by molar-refractivity contribution is -0.704. The van der Waals surface area contributed by atoms with Crippen molar-refractivity contribution in [1.29, 1.82) is 0 Å². The standard InChI is InChI=1S/C36H29N2O/c39-36(33-19-11-4-12-20-33)35(31-17-9-3-10-18-31)38-26-25-37(27-38)34(30-15-7-2-8-16-30)32-23-21-29(22-24-32)28-13-5-1-6-14-28/h1-27,34-35H/q+1. The number of imidazole rings is 1. The van der Waals surface area contributed by atoms with Crippen molar-refractivity contribution in [2.24, 2.45) is 0 Å². The Kier molecular flexibility index (Phi) is 6.96. The second-order valence-corrected chi connectivity index (χ2v) is 9.65. The van der Waals surface area contributed by atoms with Crippen molar-refractivity contribution < 1.29 is 9.36 Å². The summed E-state index contributed by atoms with van der Waals surface area (Å²) in [6.45, 7) is 0. The molecule has 6 rings (SSSR count). The number of ketones is 1. The predicted molar refractivity (Wildman–Crippen MR) is 156 cm³/mol. The summed E-state index contributed by atoms with van der Waals surface area (Å²) in [6.07, 6.45) is 6.13. The van der Waals surface area contributed by atoms with E-state index in [0.717, 1.165) is 5.56 Å². The van der Waals surface area contributed by atoms with Gasteiger partial charge in [0.25, 0.3) is 0 Å². The average Bonchev–Trinajstić information content (AvgIpc) is 3.48. The van der Waals surface area contributed by atoms with E-state index in [0.29, 0.717) is 5.56 Å². The van der Waals surface area contributed by atoms with Crippen molar-refractivity contribution in [3.63, 3.8) is 0 Å². The van der Waals surface area contributed by atoms with Gasteiger partial charge in [-0.1, -0.05) is 146 Å². The molecule has 0 aliphatic carbocycles. The lowest BCUT2D eigenvalue weighted by atomic mass is 9.96. The van der Waals surface area contributed by atoms with E-state index < -0.39 is 6.04 Å². The first-order chi connectivity index (χ1) is 19.3. The van der Waals surface area contributed by atoms with Crippen LogP contribution in [-0.4, -0.2) is 10.4 Å². The van der Waals surface area contributed by atoms with Gasteiger partial charge < -0.3 is 0 Å². The summed E-state index contributed by atoms with van der Waals surface area (Å²) in [4.78, 5) is 13.8. The van der Waals surface area contributed by atoms with E-state index >= 15 is 0 Å². The summed E-state index contributed by atoms with van der Waals surface area (Å²) in [6, 6.07) is 48.7. The summed E-state index contributed by atoms with van der Waals surface area (Å²) in [5.41, 5.74) is 6.39. The van der Waals surface area contributed by atoms with Gasteiger partial charge in [0.05, 0.1) is 0 Å². The number of carbonyl (C=O) groups is 1. The van der Waals surface area contributed by atoms with Crippen LogP contribution in [0, 0.1) is 0 Å². The Morgan fingerprint density at radius 2 is 1.03 bits per heavy atom. The Morgan fingerprint density at radius 1 is 0.538 bits per heavy atom. The van der Waals surface area contributed by atoms with E-state index in [9.17, 15) is 4.79 Å². The molecule has 0 bridgehead atoms. The SMILES string of the molecule is O=C(c1ccccc1)C(c1ccccc1)n1cc[n+](C(c2ccccc2)c2ccc(-c3ccccc3)cc2)c1. The Balaban J connectivity index is 1.41. The molecule has 3 heteroatoms. The molecule has 0 fully saturated rings. The number of hydrogen-bond acceptors (Lipinski definition) is 1. The van der Waals surface area contributed by atoms with Gasteiger partial charge in [-0.05, 0) is 11.1 Å². The summed E-state index contributed by atoms with van der Waals surface area (Å²) in [5.74, 6) is 0.0630. The maximum Gasteiger partial charge on any atom is 0.245 e. The van der Waals surface area contributed by atoms with Gasteiger partial charge in [0, 0.05) is 22.3 Å². The number of carbonyl (C=O) groups excluding carboxylic acids is 1. The molecule has 0 amide bonds. The maximum absolute atomic E-state index is 13.8. The highest BCUT2D eigenvalue weighted by Gasteiger charge is 2.30. The molecule has 1 aromatic heterocycles. The van der Waals surface area contributed by atoms with E-state index in [1.54, 1.807) is 0 Å². The molecule has 0 saturated heterocycles. The second kappa shape index (κ2) is 11.2. The third kappa shape index (κ3) is 5.21. The van der Waals surface area contributed by atoms with Gasteiger partial charge in [0.15, 0.2) is 12.1 Å². The molecule has 188 valence electrons. The zero-order chi connectivity index (χ0) is 26.4. The normalized spacial score (nSPS) is 12.5. The molecule has 2 unspecified atom stereocenters. The molecule has 3 nitrogen and oxygen atoms in total. The van der Waals surface area contributed by atoms with Crippen molar-refractivity contribution in [3.8, 4) is 11.1 Å². The molecule has 1 heterocycles. The van der Waals surface area contributed by atoms with Crippen molar-refractivity contribution in [1.82, 2.24) is 4.57 Å². The van der Waals surface area contributed by atoms with Crippen molar-refractivity contribution in [3.05, 3.63) is 187 Å². The van der Waals surface area contributed by atoms with Gasteiger partial charge in [0.1, 0.15) is 12.4 Å². The van der Waals surface area contributed by atoms with Gasteiger partial charge in [-0.15, -0.1) is 0 Å². The smallest absolute Gasteiger partial charge is 0.245 e. The number of benzene rings is 5. The van der Waals surface area contributed by atoms with Crippen LogP contribution in [0.3, 0.4) is 0 Å². The van der Waals surface area contributed by atoms with Crippen LogP contribution in [0.2, 0.25) is 0 Å². The number of Topliss-reactive ketones (excluding diaryl/α,β-unsaturated/α-hetero) is 1. The van der Waals surface area contributed by atoms with E-state index in [2.05, 4.69) is 89.9 Å². The Bertz CT molecular complexity index is 1640. The molecule has 0 N–H and O–H groups in total. The monoisotopic (exact) mass is 505 g/mol. The molecule has 6 aromatic rings. The Morgan fingerprint density at radius 3 is 1.64 bits per heavy atom. The molecule has 0 saturated carbocycles. The number of nitrogens with zero attached hydrogens (tertiary/aromatic N) is 2. The van der Waals surface area contributed by atoms with Crippen molar-refractivity contribution >= 4 is 5.78 Å². The Hall–Kier alpha value is -5.02. The molecule has 0 radical (unpaired) electrons. The minimum absolute atomic E-state index is 0.0412. The number of rotatable bonds is 8. The highest BCUT2D eigenvalue weighted by molar-refractivity contribution is 6.00. The van der Waals surface area contributed by atoms with Gasteiger partial charge in [-0.3, -0.25) is 4.79 Å². The van der Waals surface area contributed by atoms with Crippen LogP contribution >= 0.6 is 0 Å². The molecule has 0 spiro atoms. The average molecular weight is 506 g/mol. The summed E-state index contributed by atoms with van der Waals surface area (Å²) >= 11 is 0. The van der Waals surface area contributed by atoms with E-state index in [1.165, 1.54) is 22.3 Å². The second-order valence-electron chi connectivity index (χ2n) is 9.65. The number of aromatic nitrogens is 2. The minimum atomic E-state index is -0.466. The third-order valence-corrected chi connectivity index (χ3v) is 7.14. The quantitative estimate of drug-likeness (QED) is 0.155. The summed E-state index contributed by atoms with van der Waals surface area (Å²) < 4.78 is 4.22. The molecule has 0 aliphatic heterocycles. The van der Waals surface area contributed by atoms with Gasteiger partial charge in [-0.2, -0.15) is 0 Å². The van der Waals surface area contributed by atoms with Crippen LogP contribution in [0.5, 0.6) is 0 Å². The van der Waals surface area contributed by atoms with Crippen LogP contribution in [-0.2, 0) is 0 Å². The van der Waals surface area contributed by atoms with Crippen LogP contribution < -0.4 is 4.57 Å². The lowest BCUT2D eigenvalue weighted by Gasteiger charge is -2.17. The fourth-order valence-electron chi connectivity index (χ4n) is 5.21. The first-order valence-electron chi connectivity index (χ1n) is 13.2. The van der Waals surface area contributed by atoms with E-state index in [4.69, 9.17) is 0 Å². The molecule has 0 aliphatic rings. The Labute approximate surface area is 229 Å². The van der Waals surface area contributed by atoms with Gasteiger partial charge in [0.2, 0.25) is 12.1 Å². The van der Waals surface area contributed by atoms with Gasteiger partial charge in [-0.25, -0.2) is 9.13 Å². The molecule has 2 atom stereocenters. The molecular weight excluding hydrogens is 476 g/mol. The maximum atomic E-state index is 13.8. The molecule has 5 aromatic carbocycles. The zero-order valence-corrected chi connectivity index (χ0v) is 21.5. The van der Waals surface area contributed by atoms with Crippen LogP contribution in [0.25, 0.3) is 11.1 Å². The van der Waals surface area contributed by atoms with Crippen molar-refractivity contribution in [2.45, 2.75) is 12.1 Å². The minimum Gasteiger partial charge on any atom is -0.289 e. The third-order valence-electron chi connectivity index (χ3n) is 7.14. The highest BCUT2D eigenvalue weighted by atomic mass is 16.1. The van der Waals surface area contributed by atoms with E-state index in [1.807, 2.05) is 83.6 Å².